The Morgan fingerprint density at radius 2 is 1.14 bits per heavy atom. The molecule has 0 saturated heterocycles. The van der Waals surface area contributed by atoms with Gasteiger partial charge < -0.3 is 15.0 Å². The van der Waals surface area contributed by atoms with Crippen molar-refractivity contribution in [1.82, 2.24) is 10.2 Å². The molecule has 37 heavy (non-hydrogen) atoms. The quantitative estimate of drug-likeness (QED) is 0.311. The van der Waals surface area contributed by atoms with Crippen molar-refractivity contribution in [2.45, 2.75) is 25.0 Å². The van der Waals surface area contributed by atoms with Crippen LogP contribution in [0.1, 0.15) is 29.2 Å². The average molecular weight is 493 g/mol. The first kappa shape index (κ1) is 25.9. The zero-order chi connectivity index (χ0) is 26.1. The molecule has 0 bridgehead atoms. The minimum atomic E-state index is -1.08. The van der Waals surface area contributed by atoms with Gasteiger partial charge in [0, 0.05) is 20.6 Å². The van der Waals surface area contributed by atoms with Crippen LogP contribution in [0.4, 0.5) is 0 Å². The van der Waals surface area contributed by atoms with Crippen molar-refractivity contribution < 1.29 is 14.3 Å². The maximum Gasteiger partial charge on any atom is 0.245 e. The molecule has 0 aliphatic carbocycles. The van der Waals surface area contributed by atoms with Gasteiger partial charge in [-0.1, -0.05) is 121 Å². The fourth-order valence-electron chi connectivity index (χ4n) is 4.97. The maximum absolute atomic E-state index is 13.8. The van der Waals surface area contributed by atoms with E-state index in [0.717, 1.165) is 22.3 Å². The molecule has 1 N–H and O–H groups in total. The number of hydrogen-bond acceptors (Lipinski definition) is 3. The van der Waals surface area contributed by atoms with Crippen LogP contribution >= 0.6 is 0 Å². The molecular weight excluding hydrogens is 460 g/mol. The number of carbonyl (C=O) groups is 2. The van der Waals surface area contributed by atoms with E-state index < -0.39 is 11.6 Å². The Hall–Kier alpha value is -4.22. The summed E-state index contributed by atoms with van der Waals surface area (Å²) in [5.74, 6) is -0.526. The molecule has 0 fully saturated rings. The van der Waals surface area contributed by atoms with E-state index in [4.69, 9.17) is 4.74 Å². The van der Waals surface area contributed by atoms with Gasteiger partial charge in [0.25, 0.3) is 0 Å². The first-order chi connectivity index (χ1) is 18.1. The highest BCUT2D eigenvalue weighted by Gasteiger charge is 2.48. The van der Waals surface area contributed by atoms with Gasteiger partial charge >= 0.3 is 0 Å². The smallest absolute Gasteiger partial charge is 0.245 e. The number of rotatable bonds is 10. The second-order valence-electron chi connectivity index (χ2n) is 8.87. The fraction of sp³-hybridized carbons (Fsp3) is 0.188. The summed E-state index contributed by atoms with van der Waals surface area (Å²) in [5.41, 5.74) is 2.52. The van der Waals surface area contributed by atoms with Crippen molar-refractivity contribution in [3.05, 3.63) is 144 Å². The van der Waals surface area contributed by atoms with E-state index in [1.165, 1.54) is 6.92 Å². The van der Waals surface area contributed by atoms with E-state index in [9.17, 15) is 9.59 Å². The van der Waals surface area contributed by atoms with Crippen LogP contribution in [0.15, 0.2) is 121 Å². The lowest BCUT2D eigenvalue weighted by Crippen LogP contribution is -2.60. The molecule has 4 aromatic carbocycles. The Labute approximate surface area is 218 Å². The minimum absolute atomic E-state index is 0.0362. The van der Waals surface area contributed by atoms with E-state index in [1.54, 1.807) is 12.0 Å². The highest BCUT2D eigenvalue weighted by molar-refractivity contribution is 5.88. The molecule has 0 radical (unpaired) electrons. The van der Waals surface area contributed by atoms with Crippen molar-refractivity contribution in [3.8, 4) is 0 Å². The third kappa shape index (κ3) is 5.47. The molecule has 2 amide bonds. The topological polar surface area (TPSA) is 58.6 Å². The molecule has 0 heterocycles. The van der Waals surface area contributed by atoms with Gasteiger partial charge in [0.2, 0.25) is 11.8 Å². The summed E-state index contributed by atoms with van der Waals surface area (Å²) < 4.78 is 5.56. The predicted octanol–water partition coefficient (Wildman–Crippen LogP) is 5.16. The van der Waals surface area contributed by atoms with Crippen LogP contribution in [-0.4, -0.2) is 36.5 Å². The monoisotopic (exact) mass is 492 g/mol. The van der Waals surface area contributed by atoms with Gasteiger partial charge in [-0.05, 0) is 22.3 Å². The third-order valence-corrected chi connectivity index (χ3v) is 6.52. The number of amides is 2. The highest BCUT2D eigenvalue weighted by atomic mass is 16.5. The van der Waals surface area contributed by atoms with Gasteiger partial charge in [0.05, 0.1) is 6.61 Å². The molecule has 4 rings (SSSR count). The van der Waals surface area contributed by atoms with E-state index >= 15 is 0 Å². The Morgan fingerprint density at radius 3 is 1.51 bits per heavy atom. The lowest BCUT2D eigenvalue weighted by molar-refractivity contribution is -0.146. The lowest BCUT2D eigenvalue weighted by Gasteiger charge is -2.48. The number of nitrogens with zero attached hydrogens (tertiary/aromatic N) is 1. The van der Waals surface area contributed by atoms with Gasteiger partial charge in [0.1, 0.15) is 11.6 Å². The highest BCUT2D eigenvalue weighted by Crippen LogP contribution is 2.43. The maximum atomic E-state index is 13.8. The molecule has 0 spiro atoms. The van der Waals surface area contributed by atoms with Crippen molar-refractivity contribution in [2.75, 3.05) is 13.7 Å². The SMILES string of the molecule is COC[C@H](C(=O)NCc1ccccc1)N(C(C)=O)C(c1ccccc1)(c1ccccc1)c1ccccc1. The summed E-state index contributed by atoms with van der Waals surface area (Å²) in [5, 5.41) is 3.03. The van der Waals surface area contributed by atoms with Crippen LogP contribution < -0.4 is 5.32 Å². The van der Waals surface area contributed by atoms with Gasteiger partial charge in [0.15, 0.2) is 0 Å². The van der Waals surface area contributed by atoms with Crippen LogP contribution in [0, 0.1) is 0 Å². The largest absolute Gasteiger partial charge is 0.382 e. The van der Waals surface area contributed by atoms with Gasteiger partial charge in [-0.25, -0.2) is 0 Å². The van der Waals surface area contributed by atoms with Crippen LogP contribution in [0.5, 0.6) is 0 Å². The molecule has 5 nitrogen and oxygen atoms in total. The number of benzene rings is 4. The first-order valence-corrected chi connectivity index (χ1v) is 12.4. The third-order valence-electron chi connectivity index (χ3n) is 6.52. The molecule has 4 aromatic rings. The van der Waals surface area contributed by atoms with Crippen LogP contribution in [-0.2, 0) is 26.4 Å². The van der Waals surface area contributed by atoms with Crippen molar-refractivity contribution >= 4 is 11.8 Å². The number of carbonyl (C=O) groups excluding carboxylic acids is 2. The molecule has 188 valence electrons. The molecule has 0 aromatic heterocycles. The molecule has 0 saturated carbocycles. The van der Waals surface area contributed by atoms with Crippen LogP contribution in [0.3, 0.4) is 0 Å². The number of hydrogen-bond donors (Lipinski definition) is 1. The van der Waals surface area contributed by atoms with Gasteiger partial charge in [-0.15, -0.1) is 0 Å². The van der Waals surface area contributed by atoms with Gasteiger partial charge in [-0.2, -0.15) is 0 Å². The van der Waals surface area contributed by atoms with E-state index in [0.29, 0.717) is 6.54 Å². The van der Waals surface area contributed by atoms with Crippen molar-refractivity contribution in [2.24, 2.45) is 0 Å². The summed E-state index contributed by atoms with van der Waals surface area (Å²) in [6.07, 6.45) is 0. The molecule has 0 aliphatic heterocycles. The Balaban J connectivity index is 1.92. The summed E-state index contributed by atoms with van der Waals surface area (Å²) in [6, 6.07) is 38.4. The Kier molecular flexibility index (Phi) is 8.49. The zero-order valence-electron chi connectivity index (χ0n) is 21.2. The summed E-state index contributed by atoms with van der Waals surface area (Å²) >= 11 is 0. The first-order valence-electron chi connectivity index (χ1n) is 12.4. The number of ether oxygens (including phenoxy) is 1. The Bertz CT molecular complexity index is 1180. The van der Waals surface area contributed by atoms with Crippen molar-refractivity contribution in [3.63, 3.8) is 0 Å². The van der Waals surface area contributed by atoms with E-state index in [1.807, 2.05) is 121 Å². The van der Waals surface area contributed by atoms with E-state index in [-0.39, 0.29) is 18.4 Å². The zero-order valence-corrected chi connectivity index (χ0v) is 21.2. The predicted molar refractivity (Wildman–Crippen MR) is 146 cm³/mol. The molecule has 5 heteroatoms. The van der Waals surface area contributed by atoms with Gasteiger partial charge in [-0.3, -0.25) is 9.59 Å². The summed E-state index contributed by atoms with van der Waals surface area (Å²) in [6.45, 7) is 1.89. The van der Waals surface area contributed by atoms with Crippen molar-refractivity contribution in [1.29, 1.82) is 0 Å². The average Bonchev–Trinajstić information content (AvgIpc) is 2.95. The van der Waals surface area contributed by atoms with Crippen LogP contribution in [0.25, 0.3) is 0 Å². The molecular formula is C32H32N2O3. The normalized spacial score (nSPS) is 11.9. The number of methoxy groups -OCH3 is 1. The molecule has 1 atom stereocenters. The Morgan fingerprint density at radius 1 is 0.730 bits per heavy atom. The summed E-state index contributed by atoms with van der Waals surface area (Å²) in [4.78, 5) is 29.2. The number of nitrogens with one attached hydrogen (secondary N) is 1. The second-order valence-corrected chi connectivity index (χ2v) is 8.87. The minimum Gasteiger partial charge on any atom is -0.382 e. The lowest BCUT2D eigenvalue weighted by atomic mass is 9.74. The fourth-order valence-corrected chi connectivity index (χ4v) is 4.97. The molecule has 0 aliphatic rings. The molecule has 0 unspecified atom stereocenters. The second kappa shape index (κ2) is 12.2. The summed E-state index contributed by atoms with van der Waals surface area (Å²) in [7, 11) is 1.55. The van der Waals surface area contributed by atoms with E-state index in [2.05, 4.69) is 5.32 Å². The van der Waals surface area contributed by atoms with Crippen LogP contribution in [0.2, 0.25) is 0 Å². The standard InChI is InChI=1S/C32H32N2O3/c1-25(35)34(30(24-37-2)31(36)33-23-26-15-7-3-8-16-26)32(27-17-9-4-10-18-27,28-19-11-5-12-20-28)29-21-13-6-14-22-29/h3-22,30H,23-24H2,1-2H3,(H,33,36)/t30-/m1/s1.